The van der Waals surface area contributed by atoms with Crippen molar-refractivity contribution in [1.82, 2.24) is 0 Å². The van der Waals surface area contributed by atoms with Gasteiger partial charge in [0.2, 0.25) is 5.12 Å². The molecule has 0 aliphatic carbocycles. The Morgan fingerprint density at radius 1 is 1.18 bits per heavy atom. The summed E-state index contributed by atoms with van der Waals surface area (Å²) < 4.78 is 16.7. The molecule has 0 spiro atoms. The van der Waals surface area contributed by atoms with Crippen molar-refractivity contribution in [3.63, 3.8) is 0 Å². The van der Waals surface area contributed by atoms with Crippen LogP contribution in [0.25, 0.3) is 0 Å². The van der Waals surface area contributed by atoms with Gasteiger partial charge in [-0.1, -0.05) is 36.5 Å². The van der Waals surface area contributed by atoms with Gasteiger partial charge in [0.1, 0.15) is 0 Å². The molecule has 0 saturated heterocycles. The predicted octanol–water partition coefficient (Wildman–Crippen LogP) is 4.27. The zero-order valence-electron chi connectivity index (χ0n) is 13.2. The van der Waals surface area contributed by atoms with Gasteiger partial charge in [0, 0.05) is 23.7 Å². The van der Waals surface area contributed by atoms with Crippen LogP contribution in [0.3, 0.4) is 0 Å². The van der Waals surface area contributed by atoms with Gasteiger partial charge in [-0.25, -0.2) is 4.79 Å². The van der Waals surface area contributed by atoms with Crippen molar-refractivity contribution in [3.8, 4) is 0 Å². The highest BCUT2D eigenvalue weighted by atomic mass is 32.2. The minimum Gasteiger partial charge on any atom is -0.388 e. The first-order valence-corrected chi connectivity index (χ1v) is 8.77. The van der Waals surface area contributed by atoms with Crippen molar-refractivity contribution in [3.05, 3.63) is 42.5 Å². The molecule has 1 aromatic rings. The average molecular weight is 342 g/mol. The third-order valence-corrected chi connectivity index (χ3v) is 4.61. The number of hydrogen-bond acceptors (Lipinski definition) is 6. The van der Waals surface area contributed by atoms with E-state index in [1.54, 1.807) is 6.92 Å². The van der Waals surface area contributed by atoms with Gasteiger partial charge in [-0.2, -0.15) is 0 Å². The molecule has 1 rings (SSSR count). The van der Waals surface area contributed by atoms with E-state index in [2.05, 4.69) is 6.58 Å². The number of carbonyl (C=O) groups excluding carboxylic acids is 1. The smallest absolute Gasteiger partial charge is 0.345 e. The summed E-state index contributed by atoms with van der Waals surface area (Å²) in [7, 11) is 0. The standard InChI is InChI=1S/C16H22O4S2/c1-5-18-16(19-6-2,12-21-20-15(17)13(3)4)22-14-10-8-7-9-11-14/h7-11H,3,5-6,12H2,1-2,4H3. The molecule has 6 heteroatoms. The Morgan fingerprint density at radius 2 is 1.77 bits per heavy atom. The fourth-order valence-electron chi connectivity index (χ4n) is 1.55. The van der Waals surface area contributed by atoms with Gasteiger partial charge >= 0.3 is 5.97 Å². The summed E-state index contributed by atoms with van der Waals surface area (Å²) in [5, 5.41) is -0.898. The molecule has 0 saturated carbocycles. The fraction of sp³-hybridized carbons (Fsp3) is 0.438. The molecule has 22 heavy (non-hydrogen) atoms. The van der Waals surface area contributed by atoms with Crippen LogP contribution in [0, 0.1) is 0 Å². The highest BCUT2D eigenvalue weighted by Gasteiger charge is 2.34. The lowest BCUT2D eigenvalue weighted by Gasteiger charge is -2.31. The molecular formula is C16H22O4S2. The second-order valence-electron chi connectivity index (χ2n) is 4.38. The van der Waals surface area contributed by atoms with Crippen molar-refractivity contribution in [1.29, 1.82) is 0 Å². The second kappa shape index (κ2) is 9.94. The number of hydrogen-bond donors (Lipinski definition) is 0. The van der Waals surface area contributed by atoms with Crippen molar-refractivity contribution in [2.24, 2.45) is 0 Å². The lowest BCUT2D eigenvalue weighted by molar-refractivity contribution is -0.150. The molecule has 0 radical (unpaired) electrons. The van der Waals surface area contributed by atoms with Crippen LogP contribution in [0.4, 0.5) is 0 Å². The van der Waals surface area contributed by atoms with Crippen LogP contribution in [-0.2, 0) is 18.5 Å². The van der Waals surface area contributed by atoms with E-state index in [0.717, 1.165) is 16.9 Å². The second-order valence-corrected chi connectivity index (χ2v) is 6.37. The maximum Gasteiger partial charge on any atom is 0.345 e. The molecule has 0 N–H and O–H groups in total. The first-order chi connectivity index (χ1) is 10.5. The summed E-state index contributed by atoms with van der Waals surface area (Å²) >= 11 is 2.48. The van der Waals surface area contributed by atoms with Crippen LogP contribution in [-0.4, -0.2) is 30.1 Å². The number of benzene rings is 1. The van der Waals surface area contributed by atoms with Gasteiger partial charge in [0.25, 0.3) is 0 Å². The van der Waals surface area contributed by atoms with Crippen LogP contribution in [0.1, 0.15) is 20.8 Å². The zero-order chi connectivity index (χ0) is 16.4. The first kappa shape index (κ1) is 19.1. The molecule has 0 bridgehead atoms. The molecule has 0 aromatic heterocycles. The quantitative estimate of drug-likeness (QED) is 0.274. The Bertz CT molecular complexity index is 470. The Hall–Kier alpha value is -0.950. The number of ether oxygens (including phenoxy) is 2. The minimum absolute atomic E-state index is 0.354. The van der Waals surface area contributed by atoms with E-state index >= 15 is 0 Å². The maximum atomic E-state index is 11.5. The van der Waals surface area contributed by atoms with Gasteiger partial charge in [0.15, 0.2) is 0 Å². The number of rotatable bonds is 10. The summed E-state index contributed by atoms with van der Waals surface area (Å²) in [5.74, 6) is -0.0793. The van der Waals surface area contributed by atoms with E-state index in [0.29, 0.717) is 24.5 Å². The monoisotopic (exact) mass is 342 g/mol. The molecule has 0 heterocycles. The van der Waals surface area contributed by atoms with Crippen LogP contribution in [0.15, 0.2) is 47.4 Å². The molecule has 4 nitrogen and oxygen atoms in total. The molecular weight excluding hydrogens is 320 g/mol. The third-order valence-electron chi connectivity index (χ3n) is 2.46. The summed E-state index contributed by atoms with van der Waals surface area (Å²) in [6.07, 6.45) is 0. The number of carbonyl (C=O) groups is 1. The summed E-state index contributed by atoms with van der Waals surface area (Å²) in [5.41, 5.74) is 0.363. The molecule has 0 unspecified atom stereocenters. The Morgan fingerprint density at radius 3 is 2.27 bits per heavy atom. The van der Waals surface area contributed by atoms with Crippen LogP contribution < -0.4 is 0 Å². The summed E-state index contributed by atoms with van der Waals surface area (Å²) in [6.45, 7) is 9.97. The zero-order valence-corrected chi connectivity index (χ0v) is 14.8. The topological polar surface area (TPSA) is 44.8 Å². The largest absolute Gasteiger partial charge is 0.388 e. The lowest BCUT2D eigenvalue weighted by atomic mass is 10.4. The third kappa shape index (κ3) is 6.44. The van der Waals surface area contributed by atoms with E-state index in [4.69, 9.17) is 13.7 Å². The van der Waals surface area contributed by atoms with E-state index in [1.165, 1.54) is 11.8 Å². The van der Waals surface area contributed by atoms with Crippen molar-refractivity contribution >= 4 is 29.8 Å². The number of thioether (sulfide) groups is 1. The van der Waals surface area contributed by atoms with Crippen molar-refractivity contribution < 1.29 is 18.5 Å². The predicted molar refractivity (Wildman–Crippen MR) is 91.6 cm³/mol. The highest BCUT2D eigenvalue weighted by Crippen LogP contribution is 2.38. The maximum absolute atomic E-state index is 11.5. The fourth-order valence-corrected chi connectivity index (χ4v) is 3.55. The van der Waals surface area contributed by atoms with Crippen molar-refractivity contribution in [2.75, 3.05) is 19.0 Å². The van der Waals surface area contributed by atoms with Gasteiger partial charge in [-0.05, 0) is 32.9 Å². The van der Waals surface area contributed by atoms with Gasteiger partial charge < -0.3 is 13.7 Å². The average Bonchev–Trinajstić information content (AvgIpc) is 2.48. The normalized spacial score (nSPS) is 11.2. The molecule has 0 aliphatic heterocycles. The first-order valence-electron chi connectivity index (χ1n) is 7.04. The van der Waals surface area contributed by atoms with Gasteiger partial charge in [-0.15, -0.1) is 0 Å². The molecule has 0 fully saturated rings. The Kier molecular flexibility index (Phi) is 8.63. The highest BCUT2D eigenvalue weighted by molar-refractivity contribution is 8.02. The minimum atomic E-state index is -0.898. The van der Waals surface area contributed by atoms with Crippen molar-refractivity contribution in [2.45, 2.75) is 30.8 Å². The van der Waals surface area contributed by atoms with Gasteiger partial charge in [-0.3, -0.25) is 0 Å². The molecule has 0 atom stereocenters. The molecule has 0 amide bonds. The van der Waals surface area contributed by atoms with E-state index in [9.17, 15) is 4.79 Å². The van der Waals surface area contributed by atoms with E-state index in [1.807, 2.05) is 44.2 Å². The van der Waals surface area contributed by atoms with E-state index < -0.39 is 11.1 Å². The Labute approximate surface area is 140 Å². The molecule has 122 valence electrons. The SMILES string of the molecule is C=C(C)C(=O)OSCC(OCC)(OCC)Sc1ccccc1. The molecule has 1 aromatic carbocycles. The Balaban J connectivity index is 2.76. The summed E-state index contributed by atoms with van der Waals surface area (Å²) in [4.78, 5) is 12.5. The molecule has 0 aliphatic rings. The van der Waals surface area contributed by atoms with Crippen LogP contribution in [0.2, 0.25) is 0 Å². The summed E-state index contributed by atoms with van der Waals surface area (Å²) in [6, 6.07) is 9.85. The van der Waals surface area contributed by atoms with Crippen LogP contribution in [0.5, 0.6) is 0 Å². The lowest BCUT2D eigenvalue weighted by Crippen LogP contribution is -2.35. The van der Waals surface area contributed by atoms with E-state index in [-0.39, 0.29) is 0 Å². The van der Waals surface area contributed by atoms with Crippen LogP contribution >= 0.6 is 23.8 Å². The van der Waals surface area contributed by atoms with Gasteiger partial charge in [0.05, 0.1) is 17.8 Å².